The maximum atomic E-state index is 13.5. The molecule has 0 saturated carbocycles. The summed E-state index contributed by atoms with van der Waals surface area (Å²) in [4.78, 5) is 15.2. The maximum Gasteiger partial charge on any atom is 0.254 e. The molecule has 1 fully saturated rings. The molecule has 1 amide bonds. The van der Waals surface area contributed by atoms with Crippen LogP contribution in [0.15, 0.2) is 48.5 Å². The summed E-state index contributed by atoms with van der Waals surface area (Å²) in [6, 6.07) is 15.7. The smallest absolute Gasteiger partial charge is 0.254 e. The van der Waals surface area contributed by atoms with Crippen molar-refractivity contribution < 1.29 is 13.2 Å². The van der Waals surface area contributed by atoms with E-state index in [2.05, 4.69) is 53.7 Å². The van der Waals surface area contributed by atoms with Crippen molar-refractivity contribution in [3.05, 3.63) is 70.8 Å². The summed E-state index contributed by atoms with van der Waals surface area (Å²) >= 11 is 0. The van der Waals surface area contributed by atoms with Gasteiger partial charge in [0.25, 0.3) is 5.91 Å². The number of rotatable bonds is 4. The molecule has 168 valence electrons. The van der Waals surface area contributed by atoms with E-state index in [-0.39, 0.29) is 34.3 Å². The van der Waals surface area contributed by atoms with E-state index in [0.717, 1.165) is 11.1 Å². The van der Waals surface area contributed by atoms with Gasteiger partial charge >= 0.3 is 0 Å². The van der Waals surface area contributed by atoms with E-state index in [1.807, 2.05) is 36.4 Å². The minimum absolute atomic E-state index is 0.00952. The molecule has 1 atom stereocenters. The molecule has 5 heteroatoms. The number of carbonyl (C=O) groups is 1. The molecule has 1 aliphatic heterocycles. The van der Waals surface area contributed by atoms with Crippen LogP contribution in [0.5, 0.6) is 0 Å². The van der Waals surface area contributed by atoms with E-state index in [0.29, 0.717) is 18.5 Å². The Hall–Kier alpha value is -2.14. The molecular formula is C26H35NO3S. The fourth-order valence-electron chi connectivity index (χ4n) is 3.97. The molecular weight excluding hydrogens is 406 g/mol. The largest absolute Gasteiger partial charge is 0.330 e. The molecule has 0 N–H and O–H groups in total. The SMILES string of the molecule is CC(C)(C)c1ccc(CN(C(=O)c2ccc(C(C)(C)C)cc2)[C@H]2CCS(=O)(=O)C2)cc1. The fourth-order valence-corrected chi connectivity index (χ4v) is 5.70. The van der Waals surface area contributed by atoms with Gasteiger partial charge in [-0.1, -0.05) is 77.9 Å². The van der Waals surface area contributed by atoms with Gasteiger partial charge in [-0.2, -0.15) is 0 Å². The Morgan fingerprint density at radius 1 is 0.871 bits per heavy atom. The summed E-state index contributed by atoms with van der Waals surface area (Å²) in [6.07, 6.45) is 0.494. The average Bonchev–Trinajstić information content (AvgIpc) is 3.04. The van der Waals surface area contributed by atoms with Crippen LogP contribution in [-0.2, 0) is 27.2 Å². The lowest BCUT2D eigenvalue weighted by Crippen LogP contribution is -2.40. The summed E-state index contributed by atoms with van der Waals surface area (Å²) in [7, 11) is -3.09. The molecule has 1 saturated heterocycles. The van der Waals surface area contributed by atoms with E-state index in [4.69, 9.17) is 0 Å². The number of hydrogen-bond donors (Lipinski definition) is 0. The Balaban J connectivity index is 1.89. The average molecular weight is 442 g/mol. The highest BCUT2D eigenvalue weighted by Crippen LogP contribution is 2.27. The van der Waals surface area contributed by atoms with E-state index >= 15 is 0 Å². The number of sulfone groups is 1. The molecule has 0 bridgehead atoms. The zero-order chi connectivity index (χ0) is 23.0. The first kappa shape index (κ1) is 23.5. The van der Waals surface area contributed by atoms with Gasteiger partial charge in [0.05, 0.1) is 11.5 Å². The standard InChI is InChI=1S/C26H35NO3S/c1-25(2,3)21-11-7-19(8-12-21)17-27(23-15-16-31(29,30)18-23)24(28)20-9-13-22(14-10-20)26(4,5)6/h7-14,23H,15-18H2,1-6H3/t23-/m0/s1. The van der Waals surface area contributed by atoms with Crippen LogP contribution in [0.4, 0.5) is 0 Å². The van der Waals surface area contributed by atoms with Gasteiger partial charge in [0.2, 0.25) is 0 Å². The summed E-state index contributed by atoms with van der Waals surface area (Å²) < 4.78 is 24.3. The summed E-state index contributed by atoms with van der Waals surface area (Å²) in [5.74, 6) is 0.0779. The predicted molar refractivity (Wildman–Crippen MR) is 127 cm³/mol. The Labute approximate surface area is 187 Å². The minimum atomic E-state index is -3.09. The van der Waals surface area contributed by atoms with Gasteiger partial charge in [-0.3, -0.25) is 4.79 Å². The van der Waals surface area contributed by atoms with Gasteiger partial charge in [0, 0.05) is 18.2 Å². The molecule has 0 aliphatic carbocycles. The first-order valence-electron chi connectivity index (χ1n) is 11.0. The van der Waals surface area contributed by atoms with Crippen LogP contribution < -0.4 is 0 Å². The molecule has 0 unspecified atom stereocenters. The molecule has 4 nitrogen and oxygen atoms in total. The van der Waals surface area contributed by atoms with E-state index in [1.54, 1.807) is 4.90 Å². The molecule has 0 spiro atoms. The third kappa shape index (κ3) is 5.76. The van der Waals surface area contributed by atoms with Crippen LogP contribution >= 0.6 is 0 Å². The normalized spacial score (nSPS) is 18.7. The Bertz CT molecular complexity index is 1020. The van der Waals surface area contributed by atoms with Crippen molar-refractivity contribution in [1.82, 2.24) is 4.90 Å². The van der Waals surface area contributed by atoms with Gasteiger partial charge in [0.1, 0.15) is 0 Å². The van der Waals surface area contributed by atoms with Crippen LogP contribution in [0.3, 0.4) is 0 Å². The van der Waals surface area contributed by atoms with Crippen LogP contribution in [0.2, 0.25) is 0 Å². The van der Waals surface area contributed by atoms with Gasteiger partial charge in [-0.15, -0.1) is 0 Å². The van der Waals surface area contributed by atoms with Gasteiger partial charge < -0.3 is 4.90 Å². The van der Waals surface area contributed by atoms with Crippen molar-refractivity contribution in [3.63, 3.8) is 0 Å². The van der Waals surface area contributed by atoms with Crippen LogP contribution in [-0.4, -0.2) is 36.8 Å². The number of amides is 1. The lowest BCUT2D eigenvalue weighted by atomic mass is 9.86. The summed E-state index contributed by atoms with van der Waals surface area (Å²) in [5, 5.41) is 0. The Morgan fingerprint density at radius 2 is 1.35 bits per heavy atom. The third-order valence-corrected chi connectivity index (χ3v) is 7.83. The Morgan fingerprint density at radius 3 is 1.77 bits per heavy atom. The third-order valence-electron chi connectivity index (χ3n) is 6.08. The number of carbonyl (C=O) groups excluding carboxylic acids is 1. The summed E-state index contributed by atoms with van der Waals surface area (Å²) in [5.41, 5.74) is 4.07. The summed E-state index contributed by atoms with van der Waals surface area (Å²) in [6.45, 7) is 13.3. The van der Waals surface area contributed by atoms with Gasteiger partial charge in [-0.05, 0) is 46.1 Å². The van der Waals surface area contributed by atoms with Crippen LogP contribution in [0.25, 0.3) is 0 Å². The zero-order valence-electron chi connectivity index (χ0n) is 19.6. The highest BCUT2D eigenvalue weighted by molar-refractivity contribution is 7.91. The second kappa shape index (κ2) is 8.42. The van der Waals surface area contributed by atoms with Crippen LogP contribution in [0, 0.1) is 0 Å². The van der Waals surface area contributed by atoms with Crippen molar-refractivity contribution >= 4 is 15.7 Å². The van der Waals surface area contributed by atoms with Gasteiger partial charge in [0.15, 0.2) is 9.84 Å². The van der Waals surface area contributed by atoms with Crippen molar-refractivity contribution in [3.8, 4) is 0 Å². The molecule has 0 aromatic heterocycles. The highest BCUT2D eigenvalue weighted by atomic mass is 32.2. The van der Waals surface area contributed by atoms with E-state index < -0.39 is 9.84 Å². The topological polar surface area (TPSA) is 54.5 Å². The number of benzene rings is 2. The van der Waals surface area contributed by atoms with Crippen LogP contribution in [0.1, 0.15) is 75.0 Å². The lowest BCUT2D eigenvalue weighted by Gasteiger charge is -2.29. The highest BCUT2D eigenvalue weighted by Gasteiger charge is 2.35. The monoisotopic (exact) mass is 441 g/mol. The van der Waals surface area contributed by atoms with Crippen molar-refractivity contribution in [2.75, 3.05) is 11.5 Å². The quantitative estimate of drug-likeness (QED) is 0.662. The second-order valence-corrected chi connectivity index (χ2v) is 13.0. The molecule has 1 heterocycles. The number of hydrogen-bond acceptors (Lipinski definition) is 3. The number of nitrogens with zero attached hydrogens (tertiary/aromatic N) is 1. The van der Waals surface area contributed by atoms with E-state index in [9.17, 15) is 13.2 Å². The maximum absolute atomic E-state index is 13.5. The molecule has 2 aromatic rings. The molecule has 1 aliphatic rings. The van der Waals surface area contributed by atoms with Crippen molar-refractivity contribution in [2.24, 2.45) is 0 Å². The first-order chi connectivity index (χ1) is 14.3. The lowest BCUT2D eigenvalue weighted by molar-refractivity contribution is 0.0681. The second-order valence-electron chi connectivity index (χ2n) is 10.8. The molecule has 0 radical (unpaired) electrons. The van der Waals surface area contributed by atoms with Crippen molar-refractivity contribution in [1.29, 1.82) is 0 Å². The Kier molecular flexibility index (Phi) is 6.39. The predicted octanol–water partition coefficient (Wildman–Crippen LogP) is 5.11. The molecule has 3 rings (SSSR count). The van der Waals surface area contributed by atoms with Gasteiger partial charge in [-0.25, -0.2) is 8.42 Å². The van der Waals surface area contributed by atoms with Crippen molar-refractivity contribution in [2.45, 2.75) is 71.4 Å². The first-order valence-corrected chi connectivity index (χ1v) is 12.8. The van der Waals surface area contributed by atoms with E-state index in [1.165, 1.54) is 5.56 Å². The zero-order valence-corrected chi connectivity index (χ0v) is 20.4. The molecule has 31 heavy (non-hydrogen) atoms. The fraction of sp³-hybridized carbons (Fsp3) is 0.500. The molecule has 2 aromatic carbocycles. The minimum Gasteiger partial charge on any atom is -0.330 e.